The fourth-order valence-electron chi connectivity index (χ4n) is 1.57. The second kappa shape index (κ2) is 5.72. The van der Waals surface area contributed by atoms with Crippen LogP contribution in [0, 0.1) is 6.92 Å². The van der Waals surface area contributed by atoms with Crippen molar-refractivity contribution in [2.75, 3.05) is 14.2 Å². The first-order chi connectivity index (χ1) is 7.51. The first kappa shape index (κ1) is 13.6. The van der Waals surface area contributed by atoms with E-state index in [4.69, 9.17) is 15.2 Å². The third kappa shape index (κ3) is 2.79. The highest BCUT2D eigenvalue weighted by atomic mass is 127. The predicted octanol–water partition coefficient (Wildman–Crippen LogP) is 2.84. The van der Waals surface area contributed by atoms with Crippen molar-refractivity contribution in [3.8, 4) is 11.5 Å². The maximum absolute atomic E-state index is 5.92. The number of hydrogen-bond acceptors (Lipinski definition) is 3. The second-order valence-corrected chi connectivity index (χ2v) is 5.17. The SMILES string of the molecule is COc1cc(C(I)C(C)N)c(OC)cc1C. The van der Waals surface area contributed by atoms with Crippen LogP contribution >= 0.6 is 22.6 Å². The van der Waals surface area contributed by atoms with Gasteiger partial charge in [0.05, 0.1) is 18.1 Å². The van der Waals surface area contributed by atoms with E-state index in [2.05, 4.69) is 22.6 Å². The van der Waals surface area contributed by atoms with Gasteiger partial charge in [-0.05, 0) is 31.5 Å². The second-order valence-electron chi connectivity index (χ2n) is 3.82. The number of alkyl halides is 1. The number of hydrogen-bond donors (Lipinski definition) is 1. The minimum absolute atomic E-state index is 0.0712. The zero-order chi connectivity index (χ0) is 12.3. The smallest absolute Gasteiger partial charge is 0.123 e. The Balaban J connectivity index is 3.24. The molecule has 0 aromatic heterocycles. The molecule has 0 aliphatic rings. The maximum atomic E-state index is 5.92. The van der Waals surface area contributed by atoms with Crippen LogP contribution in [-0.4, -0.2) is 20.3 Å². The van der Waals surface area contributed by atoms with Crippen molar-refractivity contribution in [1.29, 1.82) is 0 Å². The molecule has 0 aliphatic heterocycles. The van der Waals surface area contributed by atoms with Crippen molar-refractivity contribution in [2.24, 2.45) is 5.73 Å². The summed E-state index contributed by atoms with van der Waals surface area (Å²) in [6, 6.07) is 4.07. The first-order valence-corrected chi connectivity index (χ1v) is 6.38. The first-order valence-electron chi connectivity index (χ1n) is 5.13. The molecule has 3 nitrogen and oxygen atoms in total. The largest absolute Gasteiger partial charge is 0.496 e. The normalized spacial score (nSPS) is 14.4. The molecule has 2 unspecified atom stereocenters. The van der Waals surface area contributed by atoms with Crippen molar-refractivity contribution < 1.29 is 9.47 Å². The van der Waals surface area contributed by atoms with Gasteiger partial charge in [-0.2, -0.15) is 0 Å². The van der Waals surface area contributed by atoms with Gasteiger partial charge in [0.15, 0.2) is 0 Å². The fraction of sp³-hybridized carbons (Fsp3) is 0.500. The molecule has 4 heteroatoms. The fourth-order valence-corrected chi connectivity index (χ4v) is 2.06. The number of aryl methyl sites for hydroxylation is 1. The van der Waals surface area contributed by atoms with Gasteiger partial charge >= 0.3 is 0 Å². The van der Waals surface area contributed by atoms with E-state index in [9.17, 15) is 0 Å². The minimum atomic E-state index is 0.0712. The van der Waals surface area contributed by atoms with Gasteiger partial charge in [0, 0.05) is 11.6 Å². The van der Waals surface area contributed by atoms with Crippen LogP contribution in [0.4, 0.5) is 0 Å². The highest BCUT2D eigenvalue weighted by Gasteiger charge is 2.18. The number of methoxy groups -OCH3 is 2. The lowest BCUT2D eigenvalue weighted by Crippen LogP contribution is -2.21. The molecule has 90 valence electrons. The minimum Gasteiger partial charge on any atom is -0.496 e. The Morgan fingerprint density at radius 3 is 2.19 bits per heavy atom. The van der Waals surface area contributed by atoms with E-state index in [1.54, 1.807) is 14.2 Å². The van der Waals surface area contributed by atoms with Crippen molar-refractivity contribution in [3.05, 3.63) is 23.3 Å². The van der Waals surface area contributed by atoms with E-state index in [0.717, 1.165) is 22.6 Å². The summed E-state index contributed by atoms with van der Waals surface area (Å²) in [6.45, 7) is 3.99. The van der Waals surface area contributed by atoms with Crippen LogP contribution in [-0.2, 0) is 0 Å². The molecule has 0 amide bonds. The molecule has 1 aromatic carbocycles. The molecule has 1 aromatic rings. The van der Waals surface area contributed by atoms with Crippen LogP contribution < -0.4 is 15.2 Å². The standard InChI is InChI=1S/C12H18INO2/c1-7-5-11(16-4)9(6-10(7)15-3)12(13)8(2)14/h5-6,8,12H,14H2,1-4H3. The summed E-state index contributed by atoms with van der Waals surface area (Å²) >= 11 is 2.33. The Hall–Kier alpha value is -0.490. The number of halogens is 1. The Morgan fingerprint density at radius 1 is 1.19 bits per heavy atom. The number of rotatable bonds is 4. The molecule has 2 atom stereocenters. The lowest BCUT2D eigenvalue weighted by atomic mass is 10.0. The molecule has 16 heavy (non-hydrogen) atoms. The van der Waals surface area contributed by atoms with Gasteiger partial charge in [-0.15, -0.1) is 0 Å². The average molecular weight is 335 g/mol. The van der Waals surface area contributed by atoms with Crippen LogP contribution in [0.3, 0.4) is 0 Å². The van der Waals surface area contributed by atoms with E-state index in [-0.39, 0.29) is 9.97 Å². The van der Waals surface area contributed by atoms with Crippen LogP contribution in [0.2, 0.25) is 0 Å². The summed E-state index contributed by atoms with van der Waals surface area (Å²) in [6.07, 6.45) is 0. The van der Waals surface area contributed by atoms with Crippen molar-refractivity contribution in [1.82, 2.24) is 0 Å². The molecule has 0 saturated carbocycles. The molecular weight excluding hydrogens is 317 g/mol. The molecule has 0 radical (unpaired) electrons. The number of benzene rings is 1. The Bertz CT molecular complexity index is 366. The van der Waals surface area contributed by atoms with E-state index in [1.807, 2.05) is 26.0 Å². The van der Waals surface area contributed by atoms with Crippen LogP contribution in [0.15, 0.2) is 12.1 Å². The van der Waals surface area contributed by atoms with Crippen LogP contribution in [0.1, 0.15) is 22.0 Å². The molecule has 2 N–H and O–H groups in total. The van der Waals surface area contributed by atoms with Gasteiger partial charge in [-0.3, -0.25) is 0 Å². The zero-order valence-electron chi connectivity index (χ0n) is 10.1. The lowest BCUT2D eigenvalue weighted by molar-refractivity contribution is 0.395. The van der Waals surface area contributed by atoms with Crippen LogP contribution in [0.5, 0.6) is 11.5 Å². The average Bonchev–Trinajstić information content (AvgIpc) is 2.27. The van der Waals surface area contributed by atoms with Crippen molar-refractivity contribution in [3.63, 3.8) is 0 Å². The summed E-state index contributed by atoms with van der Waals surface area (Å²) in [5, 5.41) is 0. The Kier molecular flexibility index (Phi) is 4.86. The van der Waals surface area contributed by atoms with E-state index < -0.39 is 0 Å². The molecule has 0 aliphatic carbocycles. The summed E-state index contributed by atoms with van der Waals surface area (Å²) in [5.74, 6) is 1.74. The molecule has 0 saturated heterocycles. The van der Waals surface area contributed by atoms with Gasteiger partial charge in [-0.1, -0.05) is 22.6 Å². The van der Waals surface area contributed by atoms with Gasteiger partial charge in [0.25, 0.3) is 0 Å². The third-order valence-corrected chi connectivity index (χ3v) is 4.31. The molecule has 0 spiro atoms. The van der Waals surface area contributed by atoms with Crippen molar-refractivity contribution >= 4 is 22.6 Å². The Labute approximate surface area is 110 Å². The molecule has 0 bridgehead atoms. The lowest BCUT2D eigenvalue weighted by Gasteiger charge is -2.19. The summed E-state index contributed by atoms with van der Waals surface area (Å²) in [4.78, 5) is 0. The van der Waals surface area contributed by atoms with Gasteiger partial charge in [0.2, 0.25) is 0 Å². The maximum Gasteiger partial charge on any atom is 0.123 e. The number of nitrogens with two attached hydrogens (primary N) is 1. The zero-order valence-corrected chi connectivity index (χ0v) is 12.2. The third-order valence-electron chi connectivity index (χ3n) is 2.51. The quantitative estimate of drug-likeness (QED) is 0.680. The van der Waals surface area contributed by atoms with E-state index >= 15 is 0 Å². The summed E-state index contributed by atoms with van der Waals surface area (Å²) < 4.78 is 10.9. The number of ether oxygens (including phenoxy) is 2. The van der Waals surface area contributed by atoms with Gasteiger partial charge in [0.1, 0.15) is 11.5 Å². The molecule has 1 rings (SSSR count). The summed E-state index contributed by atoms with van der Waals surface area (Å²) in [7, 11) is 3.35. The highest BCUT2D eigenvalue weighted by Crippen LogP contribution is 2.37. The molecular formula is C12H18INO2. The topological polar surface area (TPSA) is 44.5 Å². The van der Waals surface area contributed by atoms with Gasteiger partial charge in [-0.25, -0.2) is 0 Å². The highest BCUT2D eigenvalue weighted by molar-refractivity contribution is 14.1. The molecule has 0 heterocycles. The van der Waals surface area contributed by atoms with Gasteiger partial charge < -0.3 is 15.2 Å². The van der Waals surface area contributed by atoms with E-state index in [0.29, 0.717) is 0 Å². The Morgan fingerprint density at radius 2 is 1.75 bits per heavy atom. The monoisotopic (exact) mass is 335 g/mol. The molecule has 0 fully saturated rings. The van der Waals surface area contributed by atoms with Crippen molar-refractivity contribution in [2.45, 2.75) is 23.8 Å². The predicted molar refractivity (Wildman–Crippen MR) is 74.7 cm³/mol. The van der Waals surface area contributed by atoms with Crippen LogP contribution in [0.25, 0.3) is 0 Å². The summed E-state index contributed by atoms with van der Waals surface area (Å²) in [5.41, 5.74) is 8.07. The van der Waals surface area contributed by atoms with E-state index in [1.165, 1.54) is 0 Å².